The van der Waals surface area contributed by atoms with Crippen LogP contribution in [0, 0.1) is 5.92 Å². The minimum atomic E-state index is 0.0606. The molecule has 0 saturated carbocycles. The third kappa shape index (κ3) is 3.67. The van der Waals surface area contributed by atoms with Crippen molar-refractivity contribution in [3.63, 3.8) is 0 Å². The molecule has 0 bridgehead atoms. The topological polar surface area (TPSA) is 33.5 Å². The summed E-state index contributed by atoms with van der Waals surface area (Å²) in [6.45, 7) is 3.51. The molecule has 1 aromatic rings. The number of carbonyl (C=O) groups is 1. The zero-order valence-electron chi connectivity index (χ0n) is 12.4. The van der Waals surface area contributed by atoms with Crippen molar-refractivity contribution in [1.82, 2.24) is 5.32 Å². The highest BCUT2D eigenvalue weighted by Gasteiger charge is 2.36. The van der Waals surface area contributed by atoms with Gasteiger partial charge in [-0.05, 0) is 56.4 Å². The van der Waals surface area contributed by atoms with Crippen LogP contribution in [0.5, 0.6) is 0 Å². The fourth-order valence-electron chi connectivity index (χ4n) is 3.95. The molecule has 3 atom stereocenters. The van der Waals surface area contributed by atoms with Gasteiger partial charge in [-0.25, -0.2) is 0 Å². The van der Waals surface area contributed by atoms with Crippen molar-refractivity contribution >= 4 is 21.8 Å². The first kappa shape index (κ1) is 15.0. The molecule has 114 valence electrons. The smallest absolute Gasteiger partial charge is 0.251 e. The van der Waals surface area contributed by atoms with Crippen molar-refractivity contribution < 1.29 is 9.69 Å². The van der Waals surface area contributed by atoms with E-state index in [9.17, 15) is 4.79 Å². The maximum absolute atomic E-state index is 12.2. The molecule has 1 unspecified atom stereocenters. The molecule has 2 fully saturated rings. The van der Waals surface area contributed by atoms with Gasteiger partial charge >= 0.3 is 0 Å². The van der Waals surface area contributed by atoms with Crippen LogP contribution in [0.2, 0.25) is 0 Å². The number of rotatable bonds is 3. The van der Waals surface area contributed by atoms with Crippen LogP contribution in [0.25, 0.3) is 0 Å². The van der Waals surface area contributed by atoms with Gasteiger partial charge in [-0.2, -0.15) is 0 Å². The van der Waals surface area contributed by atoms with Crippen molar-refractivity contribution in [2.75, 3.05) is 19.6 Å². The van der Waals surface area contributed by atoms with Gasteiger partial charge in [0, 0.05) is 22.5 Å². The molecule has 2 saturated heterocycles. The Labute approximate surface area is 135 Å². The predicted octanol–water partition coefficient (Wildman–Crippen LogP) is 2.03. The summed E-state index contributed by atoms with van der Waals surface area (Å²) in [6, 6.07) is 8.36. The van der Waals surface area contributed by atoms with E-state index in [-0.39, 0.29) is 5.91 Å². The second-order valence-electron chi connectivity index (χ2n) is 6.38. The highest BCUT2D eigenvalue weighted by molar-refractivity contribution is 9.10. The normalized spacial score (nSPS) is 28.7. The van der Waals surface area contributed by atoms with Crippen molar-refractivity contribution in [1.29, 1.82) is 0 Å². The van der Waals surface area contributed by atoms with E-state index in [1.807, 2.05) is 24.3 Å². The SMILES string of the molecule is O=C(NC[C@@H]1CCC[NH+]2CCCC[C@@H]12)c1ccc(Br)cc1. The minimum absolute atomic E-state index is 0.0606. The van der Waals surface area contributed by atoms with Gasteiger partial charge in [0.25, 0.3) is 5.91 Å². The third-order valence-corrected chi connectivity index (χ3v) is 5.59. The number of amides is 1. The van der Waals surface area contributed by atoms with Crippen LogP contribution in [-0.4, -0.2) is 31.6 Å². The molecule has 21 heavy (non-hydrogen) atoms. The number of halogens is 1. The van der Waals surface area contributed by atoms with Crippen molar-refractivity contribution in [3.8, 4) is 0 Å². The van der Waals surface area contributed by atoms with Crippen molar-refractivity contribution in [2.24, 2.45) is 5.92 Å². The van der Waals surface area contributed by atoms with Crippen molar-refractivity contribution in [2.45, 2.75) is 38.1 Å². The standard InChI is InChI=1S/C17H23BrN2O/c18-15-8-6-13(7-9-15)17(21)19-12-14-4-3-11-20-10-2-1-5-16(14)20/h6-9,14,16H,1-5,10-12H2,(H,19,21)/p+1/t14-,16-/m0/s1. The zero-order chi connectivity index (χ0) is 14.7. The first-order valence-corrected chi connectivity index (χ1v) is 8.91. The Morgan fingerprint density at radius 2 is 1.90 bits per heavy atom. The van der Waals surface area contributed by atoms with Gasteiger partial charge in [0.05, 0.1) is 19.1 Å². The molecule has 2 aliphatic rings. The predicted molar refractivity (Wildman–Crippen MR) is 87.5 cm³/mol. The highest BCUT2D eigenvalue weighted by atomic mass is 79.9. The van der Waals surface area contributed by atoms with Gasteiger partial charge in [-0.3, -0.25) is 4.79 Å². The molecule has 3 nitrogen and oxygen atoms in total. The van der Waals surface area contributed by atoms with Gasteiger partial charge in [0.1, 0.15) is 0 Å². The van der Waals surface area contributed by atoms with Crippen LogP contribution in [0.15, 0.2) is 28.7 Å². The molecule has 0 aliphatic carbocycles. The summed E-state index contributed by atoms with van der Waals surface area (Å²) in [7, 11) is 0. The van der Waals surface area contributed by atoms with E-state index >= 15 is 0 Å². The summed E-state index contributed by atoms with van der Waals surface area (Å²) in [5.41, 5.74) is 0.752. The lowest BCUT2D eigenvalue weighted by Gasteiger charge is -2.41. The molecule has 0 spiro atoms. The maximum Gasteiger partial charge on any atom is 0.251 e. The number of hydrogen-bond donors (Lipinski definition) is 2. The zero-order valence-corrected chi connectivity index (χ0v) is 14.0. The third-order valence-electron chi connectivity index (χ3n) is 5.06. The van der Waals surface area contributed by atoms with Gasteiger partial charge < -0.3 is 10.2 Å². The Morgan fingerprint density at radius 3 is 2.71 bits per heavy atom. The quantitative estimate of drug-likeness (QED) is 0.858. The van der Waals surface area contributed by atoms with Gasteiger partial charge in [-0.1, -0.05) is 15.9 Å². The molecular weight excluding hydrogens is 328 g/mol. The van der Waals surface area contributed by atoms with Gasteiger partial charge in [0.2, 0.25) is 0 Å². The lowest BCUT2D eigenvalue weighted by Crippen LogP contribution is -3.18. The number of quaternary nitrogens is 1. The average Bonchev–Trinajstić information content (AvgIpc) is 2.53. The van der Waals surface area contributed by atoms with E-state index in [2.05, 4.69) is 21.2 Å². The molecule has 3 rings (SSSR count). The Balaban J connectivity index is 1.56. The van der Waals surface area contributed by atoms with Crippen LogP contribution in [0.3, 0.4) is 0 Å². The van der Waals surface area contributed by atoms with Crippen LogP contribution < -0.4 is 10.2 Å². The fourth-order valence-corrected chi connectivity index (χ4v) is 4.21. The number of nitrogens with one attached hydrogen (secondary N) is 2. The van der Waals surface area contributed by atoms with Crippen LogP contribution >= 0.6 is 15.9 Å². The largest absolute Gasteiger partial charge is 0.352 e. The van der Waals surface area contributed by atoms with E-state index < -0.39 is 0 Å². The highest BCUT2D eigenvalue weighted by Crippen LogP contribution is 2.20. The number of hydrogen-bond acceptors (Lipinski definition) is 1. The molecule has 0 radical (unpaired) electrons. The average molecular weight is 352 g/mol. The van der Waals surface area contributed by atoms with E-state index in [0.717, 1.165) is 22.6 Å². The van der Waals surface area contributed by atoms with E-state index in [1.54, 1.807) is 4.90 Å². The summed E-state index contributed by atoms with van der Waals surface area (Å²) in [5.74, 6) is 0.721. The number of fused-ring (bicyclic) bond motifs is 1. The van der Waals surface area contributed by atoms with Crippen LogP contribution in [0.1, 0.15) is 42.5 Å². The van der Waals surface area contributed by atoms with E-state index in [4.69, 9.17) is 0 Å². The first-order chi connectivity index (χ1) is 10.2. The second kappa shape index (κ2) is 6.93. The fraction of sp³-hybridized carbons (Fsp3) is 0.588. The second-order valence-corrected chi connectivity index (χ2v) is 7.30. The molecular formula is C17H24BrN2O+. The lowest BCUT2D eigenvalue weighted by molar-refractivity contribution is -0.939. The number of carbonyl (C=O) groups excluding carboxylic acids is 1. The molecule has 2 aliphatic heterocycles. The summed E-state index contributed by atoms with van der Waals surface area (Å²) >= 11 is 3.40. The van der Waals surface area contributed by atoms with Crippen LogP contribution in [-0.2, 0) is 0 Å². The lowest BCUT2D eigenvalue weighted by atomic mass is 9.83. The monoisotopic (exact) mass is 351 g/mol. The summed E-state index contributed by atoms with van der Waals surface area (Å²) in [5, 5.41) is 3.15. The molecule has 0 aromatic heterocycles. The summed E-state index contributed by atoms with van der Waals surface area (Å²) < 4.78 is 1.01. The van der Waals surface area contributed by atoms with E-state index in [0.29, 0.717) is 5.92 Å². The molecule has 4 heteroatoms. The Morgan fingerprint density at radius 1 is 1.14 bits per heavy atom. The molecule has 2 N–H and O–H groups in total. The van der Waals surface area contributed by atoms with E-state index in [1.165, 1.54) is 45.2 Å². The Kier molecular flexibility index (Phi) is 4.96. The van der Waals surface area contributed by atoms with Crippen LogP contribution in [0.4, 0.5) is 0 Å². The minimum Gasteiger partial charge on any atom is -0.352 e. The number of benzene rings is 1. The molecule has 1 amide bonds. The number of piperidine rings is 2. The molecule has 2 heterocycles. The summed E-state index contributed by atoms with van der Waals surface area (Å²) in [6.07, 6.45) is 6.67. The maximum atomic E-state index is 12.2. The van der Waals surface area contributed by atoms with Gasteiger partial charge in [-0.15, -0.1) is 0 Å². The molecule has 1 aromatic carbocycles. The van der Waals surface area contributed by atoms with Crippen molar-refractivity contribution in [3.05, 3.63) is 34.3 Å². The Hall–Kier alpha value is -0.870. The first-order valence-electron chi connectivity index (χ1n) is 8.12. The Bertz CT molecular complexity index is 486. The summed E-state index contributed by atoms with van der Waals surface area (Å²) in [4.78, 5) is 14.0. The van der Waals surface area contributed by atoms with Gasteiger partial charge in [0.15, 0.2) is 0 Å².